The van der Waals surface area contributed by atoms with Crippen LogP contribution in [0.4, 0.5) is 0 Å². The molecule has 0 aromatic heterocycles. The van der Waals surface area contributed by atoms with Crippen molar-refractivity contribution in [2.24, 2.45) is 40.4 Å². The van der Waals surface area contributed by atoms with E-state index in [9.17, 15) is 14.4 Å². The van der Waals surface area contributed by atoms with E-state index in [0.717, 1.165) is 32.1 Å². The summed E-state index contributed by atoms with van der Waals surface area (Å²) in [7, 11) is 0. The largest absolute Gasteiger partial charge is 0.462 e. The average Bonchev–Trinajstić information content (AvgIpc) is 3.03. The molecule has 0 aliphatic heterocycles. The quantitative estimate of drug-likeness (QED) is 0.619. The number of ether oxygens (including phenoxy) is 2. The predicted octanol–water partition coefficient (Wildman–Crippen LogP) is 4.71. The molecule has 0 bridgehead atoms. The van der Waals surface area contributed by atoms with E-state index in [4.69, 9.17) is 9.47 Å². The van der Waals surface area contributed by atoms with Crippen LogP contribution < -0.4 is 0 Å². The smallest absolute Gasteiger partial charge is 0.303 e. The van der Waals surface area contributed by atoms with E-state index in [0.29, 0.717) is 23.7 Å². The number of hydrogen-bond donors (Lipinski definition) is 0. The molecule has 4 aliphatic carbocycles. The summed E-state index contributed by atoms with van der Waals surface area (Å²) >= 11 is 0. The van der Waals surface area contributed by atoms with Crippen molar-refractivity contribution in [1.82, 2.24) is 0 Å². The van der Waals surface area contributed by atoms with E-state index in [1.807, 2.05) is 0 Å². The van der Waals surface area contributed by atoms with E-state index in [-0.39, 0.29) is 47.2 Å². The Balaban J connectivity index is 1.59. The molecule has 0 amide bonds. The van der Waals surface area contributed by atoms with E-state index in [1.54, 1.807) is 0 Å². The van der Waals surface area contributed by atoms with Crippen LogP contribution in [0, 0.1) is 40.4 Å². The molecule has 0 radical (unpaired) electrons. The Morgan fingerprint density at radius 1 is 0.833 bits per heavy atom. The van der Waals surface area contributed by atoms with Gasteiger partial charge in [0.15, 0.2) is 5.78 Å². The van der Waals surface area contributed by atoms with E-state index in [2.05, 4.69) is 13.8 Å². The van der Waals surface area contributed by atoms with Gasteiger partial charge in [-0.05, 0) is 73.5 Å². The summed E-state index contributed by atoms with van der Waals surface area (Å²) in [4.78, 5) is 36.0. The first-order chi connectivity index (χ1) is 14.2. The van der Waals surface area contributed by atoms with Gasteiger partial charge in [0.05, 0.1) is 0 Å². The maximum atomic E-state index is 12.9. The topological polar surface area (TPSA) is 69.7 Å². The third-order valence-corrected chi connectivity index (χ3v) is 9.69. The highest BCUT2D eigenvalue weighted by atomic mass is 16.5. The molecule has 0 N–H and O–H groups in total. The van der Waals surface area contributed by atoms with Crippen LogP contribution in [-0.4, -0.2) is 30.4 Å². The van der Waals surface area contributed by atoms with Gasteiger partial charge in [-0.1, -0.05) is 26.7 Å². The maximum absolute atomic E-state index is 12.9. The monoisotopic (exact) mass is 418 g/mol. The Morgan fingerprint density at radius 2 is 1.57 bits per heavy atom. The van der Waals surface area contributed by atoms with Crippen LogP contribution >= 0.6 is 0 Å². The predicted molar refractivity (Wildman–Crippen MR) is 112 cm³/mol. The Labute approximate surface area is 180 Å². The second-order valence-corrected chi connectivity index (χ2v) is 11.0. The normalized spacial score (nSPS) is 44.9. The molecule has 0 aromatic carbocycles. The number of ketones is 1. The SMILES string of the molecule is CC(=O)OCC(=O)[C@H]1CCC2C3C[C@H](OC(C)=O)C4CCCCC4(C)[C@H]3CCC21C. The van der Waals surface area contributed by atoms with E-state index in [1.165, 1.54) is 39.5 Å². The van der Waals surface area contributed by atoms with Crippen LogP contribution in [0.3, 0.4) is 0 Å². The molecule has 168 valence electrons. The Bertz CT molecular complexity index is 716. The zero-order valence-corrected chi connectivity index (χ0v) is 19.1. The van der Waals surface area contributed by atoms with Crippen molar-refractivity contribution in [3.8, 4) is 0 Å². The number of carbonyl (C=O) groups is 3. The molecule has 30 heavy (non-hydrogen) atoms. The number of fused-ring (bicyclic) bond motifs is 5. The number of carbonyl (C=O) groups excluding carboxylic acids is 3. The van der Waals surface area contributed by atoms with Crippen molar-refractivity contribution < 1.29 is 23.9 Å². The van der Waals surface area contributed by atoms with Gasteiger partial charge in [0.1, 0.15) is 12.7 Å². The molecule has 4 fully saturated rings. The summed E-state index contributed by atoms with van der Waals surface area (Å²) in [5.74, 6) is 1.65. The first kappa shape index (κ1) is 21.8. The molecule has 5 nitrogen and oxygen atoms in total. The Hall–Kier alpha value is -1.39. The van der Waals surface area contributed by atoms with Gasteiger partial charge in [0, 0.05) is 25.7 Å². The van der Waals surface area contributed by atoms with Crippen molar-refractivity contribution >= 4 is 17.7 Å². The summed E-state index contributed by atoms with van der Waals surface area (Å²) in [6.45, 7) is 7.57. The molecule has 0 saturated heterocycles. The molecule has 0 heterocycles. The lowest BCUT2D eigenvalue weighted by molar-refractivity contribution is -0.184. The summed E-state index contributed by atoms with van der Waals surface area (Å²) in [6.07, 6.45) is 10.1. The average molecular weight is 419 g/mol. The first-order valence-electron chi connectivity index (χ1n) is 12.0. The minimum atomic E-state index is -0.389. The summed E-state index contributed by atoms with van der Waals surface area (Å²) < 4.78 is 11.0. The molecule has 4 aliphatic rings. The summed E-state index contributed by atoms with van der Waals surface area (Å²) in [5, 5.41) is 0. The number of hydrogen-bond acceptors (Lipinski definition) is 5. The van der Waals surface area contributed by atoms with Crippen LogP contribution in [0.25, 0.3) is 0 Å². The molecule has 5 heteroatoms. The molecular formula is C25H38O5. The summed E-state index contributed by atoms with van der Waals surface area (Å²) in [6, 6.07) is 0. The second-order valence-electron chi connectivity index (χ2n) is 11.0. The van der Waals surface area contributed by atoms with Crippen molar-refractivity contribution in [2.45, 2.75) is 91.6 Å². The fourth-order valence-electron chi connectivity index (χ4n) is 8.47. The molecule has 0 spiro atoms. The zero-order chi connectivity index (χ0) is 21.7. The lowest BCUT2D eigenvalue weighted by atomic mass is 9.44. The van der Waals surface area contributed by atoms with Gasteiger partial charge in [0.2, 0.25) is 0 Å². The van der Waals surface area contributed by atoms with Crippen molar-refractivity contribution in [3.05, 3.63) is 0 Å². The highest BCUT2D eigenvalue weighted by Gasteiger charge is 2.63. The van der Waals surface area contributed by atoms with Gasteiger partial charge in [-0.15, -0.1) is 0 Å². The van der Waals surface area contributed by atoms with Gasteiger partial charge >= 0.3 is 11.9 Å². The third-order valence-electron chi connectivity index (χ3n) is 9.69. The second kappa shape index (κ2) is 7.94. The van der Waals surface area contributed by atoms with Crippen LogP contribution in [0.2, 0.25) is 0 Å². The fourth-order valence-corrected chi connectivity index (χ4v) is 8.47. The van der Waals surface area contributed by atoms with Gasteiger partial charge in [0.25, 0.3) is 0 Å². The standard InChI is InChI=1S/C25H38O5/c1-15(26)29-14-22(28)20-9-8-18-17-13-23(30-16(2)27)21-7-5-6-11-24(21,3)19(17)10-12-25(18,20)4/h17-21,23H,5-14H2,1-4H3/t17?,18?,19-,20+,21?,23-,24?,25?/m0/s1. The van der Waals surface area contributed by atoms with Gasteiger partial charge in [-0.2, -0.15) is 0 Å². The highest BCUT2D eigenvalue weighted by Crippen LogP contribution is 2.67. The number of rotatable bonds is 4. The third kappa shape index (κ3) is 3.50. The van der Waals surface area contributed by atoms with Crippen molar-refractivity contribution in [3.63, 3.8) is 0 Å². The lowest BCUT2D eigenvalue weighted by Gasteiger charge is -2.62. The fraction of sp³-hybridized carbons (Fsp3) is 0.880. The molecule has 5 unspecified atom stereocenters. The van der Waals surface area contributed by atoms with Gasteiger partial charge in [-0.25, -0.2) is 0 Å². The Morgan fingerprint density at radius 3 is 2.27 bits per heavy atom. The molecule has 0 aromatic rings. The van der Waals surface area contributed by atoms with Crippen molar-refractivity contribution in [2.75, 3.05) is 6.61 Å². The van der Waals surface area contributed by atoms with Crippen LogP contribution in [0.1, 0.15) is 85.5 Å². The Kier molecular flexibility index (Phi) is 5.78. The van der Waals surface area contributed by atoms with Gasteiger partial charge in [-0.3, -0.25) is 14.4 Å². The highest BCUT2D eigenvalue weighted by molar-refractivity contribution is 5.85. The van der Waals surface area contributed by atoms with Gasteiger partial charge < -0.3 is 9.47 Å². The van der Waals surface area contributed by atoms with E-state index >= 15 is 0 Å². The van der Waals surface area contributed by atoms with E-state index < -0.39 is 0 Å². The first-order valence-corrected chi connectivity index (χ1v) is 12.0. The van der Waals surface area contributed by atoms with Crippen LogP contribution in [0.5, 0.6) is 0 Å². The van der Waals surface area contributed by atoms with Crippen molar-refractivity contribution in [1.29, 1.82) is 0 Å². The lowest BCUT2D eigenvalue weighted by Crippen LogP contribution is -2.58. The van der Waals surface area contributed by atoms with Crippen LogP contribution in [-0.2, 0) is 23.9 Å². The number of Topliss-reactive ketones (excluding diaryl/α,β-unsaturated/α-hetero) is 1. The molecule has 4 saturated carbocycles. The molecule has 4 rings (SSSR count). The van der Waals surface area contributed by atoms with Crippen LogP contribution in [0.15, 0.2) is 0 Å². The zero-order valence-electron chi connectivity index (χ0n) is 19.1. The number of esters is 2. The summed E-state index contributed by atoms with van der Waals surface area (Å²) in [5.41, 5.74) is 0.208. The minimum Gasteiger partial charge on any atom is -0.462 e. The molecular weight excluding hydrogens is 380 g/mol. The maximum Gasteiger partial charge on any atom is 0.303 e. The molecule has 8 atom stereocenters. The minimum absolute atomic E-state index is 0.0206.